The molecule has 104 valence electrons. The van der Waals surface area contributed by atoms with Gasteiger partial charge in [0.2, 0.25) is 11.8 Å². The first kappa shape index (κ1) is 13.4. The van der Waals surface area contributed by atoms with Crippen LogP contribution in [0.4, 0.5) is 0 Å². The molecule has 0 spiro atoms. The van der Waals surface area contributed by atoms with Gasteiger partial charge in [0, 0.05) is 25.1 Å². The molecule has 1 aliphatic heterocycles. The number of hydrogen-bond acceptors (Lipinski definition) is 3. The molecule has 1 fully saturated rings. The van der Waals surface area contributed by atoms with Gasteiger partial charge < -0.3 is 15.3 Å². The zero-order chi connectivity index (χ0) is 14.0. The van der Waals surface area contributed by atoms with E-state index in [-0.39, 0.29) is 42.3 Å². The molecule has 7 nitrogen and oxygen atoms in total. The van der Waals surface area contributed by atoms with Crippen LogP contribution in [0, 0.1) is 5.92 Å². The van der Waals surface area contributed by atoms with Crippen LogP contribution in [-0.4, -0.2) is 39.5 Å². The topological polar surface area (TPSA) is 98.1 Å². The summed E-state index contributed by atoms with van der Waals surface area (Å²) in [4.78, 5) is 36.3. The molecule has 1 saturated heterocycles. The number of nitrogens with zero attached hydrogens (tertiary/aromatic N) is 1. The second-order valence-corrected chi connectivity index (χ2v) is 5.04. The van der Waals surface area contributed by atoms with Gasteiger partial charge in [-0.1, -0.05) is 0 Å². The number of aromatic nitrogens is 2. The smallest absolute Gasteiger partial charge is 0.264 e. The fourth-order valence-corrected chi connectivity index (χ4v) is 2.20. The fourth-order valence-electron chi connectivity index (χ4n) is 2.20. The van der Waals surface area contributed by atoms with Crippen molar-refractivity contribution in [3.63, 3.8) is 0 Å². The minimum absolute atomic E-state index is 0.0187. The predicted molar refractivity (Wildman–Crippen MR) is 68.2 cm³/mol. The van der Waals surface area contributed by atoms with Crippen LogP contribution in [0.5, 0.6) is 0 Å². The standard InChI is InChI=1S/C12H18N4O3/c1-7(2)16-6-8(3-11(16)18)12(19)13-5-9-4-10(17)15-14-9/h4,7-8H,3,5-6H2,1-2H3,(H,13,19)(H2,14,15,17). The van der Waals surface area contributed by atoms with Crippen molar-refractivity contribution in [2.75, 3.05) is 6.54 Å². The van der Waals surface area contributed by atoms with Crippen molar-refractivity contribution < 1.29 is 9.59 Å². The number of rotatable bonds is 4. The largest absolute Gasteiger partial charge is 0.350 e. The number of aromatic amines is 2. The Hall–Kier alpha value is -2.05. The van der Waals surface area contributed by atoms with Gasteiger partial charge in [0.1, 0.15) is 0 Å². The molecule has 1 aromatic rings. The van der Waals surface area contributed by atoms with E-state index in [1.807, 2.05) is 13.8 Å². The molecule has 1 unspecified atom stereocenters. The van der Waals surface area contributed by atoms with Gasteiger partial charge >= 0.3 is 0 Å². The van der Waals surface area contributed by atoms with E-state index in [4.69, 9.17) is 0 Å². The van der Waals surface area contributed by atoms with Crippen molar-refractivity contribution in [3.05, 3.63) is 22.1 Å². The molecule has 0 saturated carbocycles. The molecule has 0 aromatic carbocycles. The van der Waals surface area contributed by atoms with Gasteiger partial charge in [-0.15, -0.1) is 0 Å². The normalized spacial score (nSPS) is 19.2. The number of carbonyl (C=O) groups is 2. The minimum atomic E-state index is -0.305. The molecule has 0 bridgehead atoms. The third kappa shape index (κ3) is 3.04. The van der Waals surface area contributed by atoms with Crippen LogP contribution in [0.1, 0.15) is 26.0 Å². The molecule has 1 aromatic heterocycles. The highest BCUT2D eigenvalue weighted by molar-refractivity contribution is 5.89. The van der Waals surface area contributed by atoms with E-state index in [1.165, 1.54) is 6.07 Å². The first-order chi connectivity index (χ1) is 8.97. The predicted octanol–water partition coefficient (Wildman–Crippen LogP) is -0.424. The molecule has 0 aliphatic carbocycles. The lowest BCUT2D eigenvalue weighted by molar-refractivity contribution is -0.130. The van der Waals surface area contributed by atoms with Crippen molar-refractivity contribution in [1.29, 1.82) is 0 Å². The monoisotopic (exact) mass is 266 g/mol. The Kier molecular flexibility index (Phi) is 3.73. The maximum Gasteiger partial charge on any atom is 0.264 e. The average molecular weight is 266 g/mol. The van der Waals surface area contributed by atoms with Gasteiger partial charge in [-0.25, -0.2) is 0 Å². The van der Waals surface area contributed by atoms with Crippen LogP contribution < -0.4 is 10.9 Å². The lowest BCUT2D eigenvalue weighted by Gasteiger charge is -2.20. The number of H-pyrrole nitrogens is 2. The third-order valence-corrected chi connectivity index (χ3v) is 3.26. The maximum absolute atomic E-state index is 11.9. The average Bonchev–Trinajstić information content (AvgIpc) is 2.92. The number of likely N-dealkylation sites (tertiary alicyclic amines) is 1. The zero-order valence-corrected chi connectivity index (χ0v) is 11.0. The van der Waals surface area contributed by atoms with Crippen molar-refractivity contribution in [1.82, 2.24) is 20.4 Å². The number of amides is 2. The van der Waals surface area contributed by atoms with Gasteiger partial charge in [0.15, 0.2) is 0 Å². The Labute approximate surface area is 110 Å². The molecule has 0 radical (unpaired) electrons. The van der Waals surface area contributed by atoms with Gasteiger partial charge in [-0.3, -0.25) is 19.5 Å². The molecule has 2 rings (SSSR count). The van der Waals surface area contributed by atoms with Crippen molar-refractivity contribution in [2.45, 2.75) is 32.9 Å². The Balaban J connectivity index is 1.87. The summed E-state index contributed by atoms with van der Waals surface area (Å²) in [6, 6.07) is 1.51. The Morgan fingerprint density at radius 1 is 1.47 bits per heavy atom. The van der Waals surface area contributed by atoms with Crippen molar-refractivity contribution in [3.8, 4) is 0 Å². The maximum atomic E-state index is 11.9. The SMILES string of the molecule is CC(C)N1CC(C(=O)NCc2cc(=O)[nH][nH]2)CC1=O. The van der Waals surface area contributed by atoms with E-state index in [1.54, 1.807) is 4.90 Å². The molecular weight excluding hydrogens is 248 g/mol. The summed E-state index contributed by atoms with van der Waals surface area (Å²) in [5, 5.41) is 7.78. The van der Waals surface area contributed by atoms with Gasteiger partial charge in [0.25, 0.3) is 5.56 Å². The zero-order valence-electron chi connectivity index (χ0n) is 11.0. The number of hydrogen-bond donors (Lipinski definition) is 3. The van der Waals surface area contributed by atoms with Crippen LogP contribution in [0.25, 0.3) is 0 Å². The molecule has 3 N–H and O–H groups in total. The van der Waals surface area contributed by atoms with Crippen LogP contribution >= 0.6 is 0 Å². The summed E-state index contributed by atoms with van der Waals surface area (Å²) in [5.74, 6) is -0.440. The molecule has 1 atom stereocenters. The lowest BCUT2D eigenvalue weighted by Crippen LogP contribution is -2.35. The third-order valence-electron chi connectivity index (χ3n) is 3.26. The molecule has 2 amide bonds. The molecule has 1 aliphatic rings. The van der Waals surface area contributed by atoms with Crippen LogP contribution in [-0.2, 0) is 16.1 Å². The van der Waals surface area contributed by atoms with E-state index in [9.17, 15) is 14.4 Å². The Morgan fingerprint density at radius 3 is 2.74 bits per heavy atom. The van der Waals surface area contributed by atoms with Crippen molar-refractivity contribution >= 4 is 11.8 Å². The van der Waals surface area contributed by atoms with Gasteiger partial charge in [-0.2, -0.15) is 0 Å². The highest BCUT2D eigenvalue weighted by Crippen LogP contribution is 2.20. The summed E-state index contributed by atoms with van der Waals surface area (Å²) in [6.07, 6.45) is 0.258. The van der Waals surface area contributed by atoms with E-state index in [0.29, 0.717) is 12.2 Å². The number of carbonyl (C=O) groups excluding carboxylic acids is 2. The first-order valence-corrected chi connectivity index (χ1v) is 6.31. The summed E-state index contributed by atoms with van der Waals surface area (Å²) >= 11 is 0. The second-order valence-electron chi connectivity index (χ2n) is 5.04. The summed E-state index contributed by atoms with van der Waals surface area (Å²) < 4.78 is 0. The van der Waals surface area contributed by atoms with Crippen LogP contribution in [0.2, 0.25) is 0 Å². The molecule has 7 heteroatoms. The Bertz CT molecular complexity index is 531. The first-order valence-electron chi connectivity index (χ1n) is 6.31. The van der Waals surface area contributed by atoms with Gasteiger partial charge in [0.05, 0.1) is 18.2 Å². The van der Waals surface area contributed by atoms with Crippen molar-refractivity contribution in [2.24, 2.45) is 5.92 Å². The molecule has 19 heavy (non-hydrogen) atoms. The van der Waals surface area contributed by atoms with Crippen LogP contribution in [0.15, 0.2) is 10.9 Å². The number of nitrogens with one attached hydrogen (secondary N) is 3. The highest BCUT2D eigenvalue weighted by Gasteiger charge is 2.35. The second kappa shape index (κ2) is 5.29. The quantitative estimate of drug-likeness (QED) is 0.690. The summed E-state index contributed by atoms with van der Waals surface area (Å²) in [6.45, 7) is 4.58. The molecular formula is C12H18N4O3. The molecule has 2 heterocycles. The highest BCUT2D eigenvalue weighted by atomic mass is 16.2. The fraction of sp³-hybridized carbons (Fsp3) is 0.583. The van der Waals surface area contributed by atoms with Gasteiger partial charge in [-0.05, 0) is 13.8 Å². The van der Waals surface area contributed by atoms with E-state index < -0.39 is 0 Å². The van der Waals surface area contributed by atoms with E-state index in [2.05, 4.69) is 15.5 Å². The van der Waals surface area contributed by atoms with Crippen LogP contribution in [0.3, 0.4) is 0 Å². The minimum Gasteiger partial charge on any atom is -0.350 e. The summed E-state index contributed by atoms with van der Waals surface area (Å²) in [5.41, 5.74) is 0.384. The lowest BCUT2D eigenvalue weighted by atomic mass is 10.1. The summed E-state index contributed by atoms with van der Waals surface area (Å²) in [7, 11) is 0. The van der Waals surface area contributed by atoms with E-state index >= 15 is 0 Å². The Morgan fingerprint density at radius 2 is 2.21 bits per heavy atom. The van der Waals surface area contributed by atoms with E-state index in [0.717, 1.165) is 0 Å².